The average Bonchev–Trinajstić information content (AvgIpc) is 2.70. The Kier molecular flexibility index (Phi) is 4.72. The molecule has 0 saturated heterocycles. The minimum atomic E-state index is -0.435. The molecule has 0 spiro atoms. The third kappa shape index (κ3) is 3.69. The topological polar surface area (TPSA) is 51.1 Å². The van der Waals surface area contributed by atoms with Crippen LogP contribution in [0.2, 0.25) is 0 Å². The molecule has 0 unspecified atom stereocenters. The van der Waals surface area contributed by atoms with Gasteiger partial charge in [-0.05, 0) is 40.6 Å². The van der Waals surface area contributed by atoms with Gasteiger partial charge in [0.2, 0.25) is 5.91 Å². The maximum Gasteiger partial charge on any atom is 0.255 e. The zero-order chi connectivity index (χ0) is 19.5. The highest BCUT2D eigenvalue weighted by molar-refractivity contribution is 5.96. The lowest BCUT2D eigenvalue weighted by atomic mass is 10.0. The van der Waals surface area contributed by atoms with E-state index in [1.807, 2.05) is 42.5 Å². The van der Waals surface area contributed by atoms with Gasteiger partial charge in [-0.25, -0.2) is 4.39 Å². The molecule has 0 radical (unpaired) electrons. The Balaban J connectivity index is 1.58. The first-order valence-electron chi connectivity index (χ1n) is 8.85. The molecule has 4 aromatic rings. The smallest absolute Gasteiger partial charge is 0.255 e. The number of anilines is 1. The van der Waals surface area contributed by atoms with Crippen LogP contribution in [0.15, 0.2) is 89.9 Å². The van der Waals surface area contributed by atoms with Gasteiger partial charge in [0.1, 0.15) is 5.82 Å². The first kappa shape index (κ1) is 17.7. The molecule has 4 nitrogen and oxygen atoms in total. The minimum Gasteiger partial charge on any atom is -0.324 e. The van der Waals surface area contributed by atoms with Gasteiger partial charge < -0.3 is 5.32 Å². The fourth-order valence-electron chi connectivity index (χ4n) is 3.21. The number of hydrogen-bond acceptors (Lipinski definition) is 2. The molecule has 0 saturated carbocycles. The molecule has 0 bridgehead atoms. The molecule has 1 aromatic heterocycles. The number of pyridine rings is 1. The highest BCUT2D eigenvalue weighted by atomic mass is 19.1. The summed E-state index contributed by atoms with van der Waals surface area (Å²) in [4.78, 5) is 24.7. The fourth-order valence-corrected chi connectivity index (χ4v) is 3.21. The van der Waals surface area contributed by atoms with Crippen molar-refractivity contribution in [1.29, 1.82) is 0 Å². The maximum atomic E-state index is 13.5. The Morgan fingerprint density at radius 1 is 0.929 bits per heavy atom. The zero-order valence-corrected chi connectivity index (χ0v) is 14.9. The molecule has 1 N–H and O–H groups in total. The average molecular weight is 372 g/mol. The summed E-state index contributed by atoms with van der Waals surface area (Å²) in [6, 6.07) is 22.4. The number of carbonyl (C=O) groups is 1. The van der Waals surface area contributed by atoms with Gasteiger partial charge in [-0.3, -0.25) is 14.2 Å². The van der Waals surface area contributed by atoms with Crippen molar-refractivity contribution in [3.05, 3.63) is 107 Å². The lowest BCUT2D eigenvalue weighted by Crippen LogP contribution is -2.20. The Labute approximate surface area is 160 Å². The number of fused-ring (bicyclic) bond motifs is 1. The van der Waals surface area contributed by atoms with Crippen LogP contribution < -0.4 is 10.9 Å². The van der Waals surface area contributed by atoms with Crippen molar-refractivity contribution in [2.45, 2.75) is 6.42 Å². The molecular formula is C23H17FN2O2. The Bertz CT molecular complexity index is 1230. The van der Waals surface area contributed by atoms with Crippen LogP contribution in [0.25, 0.3) is 16.5 Å². The summed E-state index contributed by atoms with van der Waals surface area (Å²) >= 11 is 0. The highest BCUT2D eigenvalue weighted by Gasteiger charge is 2.09. The first-order chi connectivity index (χ1) is 13.6. The van der Waals surface area contributed by atoms with Crippen LogP contribution in [0.4, 0.5) is 10.1 Å². The fraction of sp³-hybridized carbons (Fsp3) is 0.0435. The number of benzene rings is 3. The van der Waals surface area contributed by atoms with Crippen LogP contribution in [0.3, 0.4) is 0 Å². The number of carbonyl (C=O) groups excluding carboxylic acids is 1. The highest BCUT2D eigenvalue weighted by Crippen LogP contribution is 2.19. The third-order valence-corrected chi connectivity index (χ3v) is 4.51. The molecule has 1 amide bonds. The third-order valence-electron chi connectivity index (χ3n) is 4.51. The first-order valence-corrected chi connectivity index (χ1v) is 8.85. The van der Waals surface area contributed by atoms with Gasteiger partial charge in [0.25, 0.3) is 5.56 Å². The number of halogens is 1. The van der Waals surface area contributed by atoms with Crippen LogP contribution in [-0.4, -0.2) is 10.5 Å². The van der Waals surface area contributed by atoms with E-state index in [0.717, 1.165) is 16.3 Å². The van der Waals surface area contributed by atoms with Gasteiger partial charge >= 0.3 is 0 Å². The number of nitrogens with one attached hydrogen (secondary N) is 1. The van der Waals surface area contributed by atoms with Crippen LogP contribution >= 0.6 is 0 Å². The SMILES string of the molecule is O=C(Cc1cccc2ccccc12)Nc1ccc(=O)n(-c2cccc(F)c2)c1. The molecule has 0 atom stereocenters. The Morgan fingerprint density at radius 2 is 1.71 bits per heavy atom. The van der Waals surface area contributed by atoms with E-state index < -0.39 is 5.82 Å². The molecule has 0 fully saturated rings. The van der Waals surface area contributed by atoms with Gasteiger partial charge in [0.15, 0.2) is 0 Å². The molecule has 3 aromatic carbocycles. The number of rotatable bonds is 4. The molecule has 0 aliphatic heterocycles. The number of aromatic nitrogens is 1. The second-order valence-electron chi connectivity index (χ2n) is 6.47. The summed E-state index contributed by atoms with van der Waals surface area (Å²) < 4.78 is 14.8. The van der Waals surface area contributed by atoms with Crippen molar-refractivity contribution < 1.29 is 9.18 Å². The summed E-state index contributed by atoms with van der Waals surface area (Å²) in [7, 11) is 0. The Hall–Kier alpha value is -3.73. The van der Waals surface area contributed by atoms with E-state index in [-0.39, 0.29) is 17.9 Å². The number of amides is 1. The second kappa shape index (κ2) is 7.48. The second-order valence-corrected chi connectivity index (χ2v) is 6.47. The van der Waals surface area contributed by atoms with E-state index >= 15 is 0 Å². The predicted molar refractivity (Wildman–Crippen MR) is 108 cm³/mol. The summed E-state index contributed by atoms with van der Waals surface area (Å²) in [6.07, 6.45) is 1.71. The summed E-state index contributed by atoms with van der Waals surface area (Å²) in [6.45, 7) is 0. The van der Waals surface area contributed by atoms with Crippen molar-refractivity contribution in [3.63, 3.8) is 0 Å². The van der Waals surface area contributed by atoms with Gasteiger partial charge in [-0.15, -0.1) is 0 Å². The van der Waals surface area contributed by atoms with Crippen LogP contribution in [0, 0.1) is 5.82 Å². The molecule has 0 aliphatic rings. The van der Waals surface area contributed by atoms with E-state index in [9.17, 15) is 14.0 Å². The standard InChI is InChI=1S/C23H17FN2O2/c24-18-8-4-9-20(14-18)26-15-19(11-12-23(26)28)25-22(27)13-17-7-3-6-16-5-1-2-10-21(16)17/h1-12,14-15H,13H2,(H,25,27). The summed E-state index contributed by atoms with van der Waals surface area (Å²) in [5, 5.41) is 4.92. The van der Waals surface area contributed by atoms with Crippen molar-refractivity contribution in [2.75, 3.05) is 5.32 Å². The van der Waals surface area contributed by atoms with E-state index in [1.165, 1.54) is 35.0 Å². The summed E-state index contributed by atoms with van der Waals surface area (Å²) in [5.41, 5.74) is 1.48. The van der Waals surface area contributed by atoms with Crippen molar-refractivity contribution in [1.82, 2.24) is 4.57 Å². The molecule has 28 heavy (non-hydrogen) atoms. The van der Waals surface area contributed by atoms with Gasteiger partial charge in [0.05, 0.1) is 17.8 Å². The van der Waals surface area contributed by atoms with Crippen LogP contribution in [-0.2, 0) is 11.2 Å². The molecule has 1 heterocycles. The monoisotopic (exact) mass is 372 g/mol. The van der Waals surface area contributed by atoms with Gasteiger partial charge in [-0.2, -0.15) is 0 Å². The van der Waals surface area contributed by atoms with E-state index in [4.69, 9.17) is 0 Å². The lowest BCUT2D eigenvalue weighted by Gasteiger charge is -2.11. The number of hydrogen-bond donors (Lipinski definition) is 1. The molecule has 4 rings (SSSR count). The lowest BCUT2D eigenvalue weighted by molar-refractivity contribution is -0.115. The minimum absolute atomic E-state index is 0.194. The Morgan fingerprint density at radius 3 is 2.57 bits per heavy atom. The van der Waals surface area contributed by atoms with Gasteiger partial charge in [-0.1, -0.05) is 48.5 Å². The molecule has 138 valence electrons. The maximum absolute atomic E-state index is 13.5. The molecule has 0 aliphatic carbocycles. The molecule has 5 heteroatoms. The van der Waals surface area contributed by atoms with E-state index in [2.05, 4.69) is 5.32 Å². The van der Waals surface area contributed by atoms with Crippen LogP contribution in [0.1, 0.15) is 5.56 Å². The van der Waals surface area contributed by atoms with Gasteiger partial charge in [0, 0.05) is 12.3 Å². The molecular weight excluding hydrogens is 355 g/mol. The van der Waals surface area contributed by atoms with E-state index in [0.29, 0.717) is 11.4 Å². The zero-order valence-electron chi connectivity index (χ0n) is 14.9. The summed E-state index contributed by atoms with van der Waals surface area (Å²) in [5.74, 6) is -0.629. The quantitative estimate of drug-likeness (QED) is 0.580. The predicted octanol–water partition coefficient (Wildman–Crippen LogP) is 4.31. The van der Waals surface area contributed by atoms with E-state index in [1.54, 1.807) is 12.1 Å². The van der Waals surface area contributed by atoms with Crippen molar-refractivity contribution >= 4 is 22.4 Å². The number of nitrogens with zero attached hydrogens (tertiary/aromatic N) is 1. The normalized spacial score (nSPS) is 10.8. The largest absolute Gasteiger partial charge is 0.324 e. The van der Waals surface area contributed by atoms with Crippen molar-refractivity contribution in [3.8, 4) is 5.69 Å². The van der Waals surface area contributed by atoms with Crippen LogP contribution in [0.5, 0.6) is 0 Å². The van der Waals surface area contributed by atoms with Crippen molar-refractivity contribution in [2.24, 2.45) is 0 Å².